The third-order valence-corrected chi connectivity index (χ3v) is 5.74. The van der Waals surface area contributed by atoms with Gasteiger partial charge in [-0.25, -0.2) is 0 Å². The summed E-state index contributed by atoms with van der Waals surface area (Å²) in [7, 11) is 0. The molecular weight excluding hydrogens is 444 g/mol. The Labute approximate surface area is 203 Å². The topological polar surface area (TPSA) is 101 Å². The number of ether oxygens (including phenoxy) is 1. The molecule has 4 aromatic rings. The highest BCUT2D eigenvalue weighted by atomic mass is 16.5. The number of hydrogen-bond acceptors (Lipinski definition) is 5. The van der Waals surface area contributed by atoms with E-state index in [4.69, 9.17) is 14.3 Å². The second-order valence-corrected chi connectivity index (χ2v) is 8.37. The lowest BCUT2D eigenvalue weighted by atomic mass is 10.1. The number of carboxylic acids is 1. The van der Waals surface area contributed by atoms with Crippen molar-refractivity contribution in [3.8, 4) is 5.75 Å². The van der Waals surface area contributed by atoms with Crippen molar-refractivity contribution in [3.63, 3.8) is 0 Å². The first-order chi connectivity index (χ1) is 16.9. The number of fused-ring (bicyclic) bond motifs is 1. The first-order valence-corrected chi connectivity index (χ1v) is 11.5. The molecule has 1 amide bonds. The highest BCUT2D eigenvalue weighted by molar-refractivity contribution is 5.94. The van der Waals surface area contributed by atoms with Gasteiger partial charge in [0, 0.05) is 28.7 Å². The van der Waals surface area contributed by atoms with Gasteiger partial charge in [0.25, 0.3) is 5.91 Å². The Morgan fingerprint density at radius 2 is 1.77 bits per heavy atom. The van der Waals surface area contributed by atoms with Gasteiger partial charge >= 0.3 is 5.97 Å². The largest absolute Gasteiger partial charge is 0.489 e. The van der Waals surface area contributed by atoms with Crippen LogP contribution < -0.4 is 15.4 Å². The summed E-state index contributed by atoms with van der Waals surface area (Å²) >= 11 is 0. The quantitative estimate of drug-likeness (QED) is 0.274. The van der Waals surface area contributed by atoms with E-state index in [9.17, 15) is 9.59 Å². The van der Waals surface area contributed by atoms with Crippen LogP contribution in [0.4, 0.5) is 5.69 Å². The Kier molecular flexibility index (Phi) is 7.35. The smallest absolute Gasteiger partial charge is 0.305 e. The summed E-state index contributed by atoms with van der Waals surface area (Å²) in [5.41, 5.74) is 4.26. The molecule has 4 rings (SSSR count). The van der Waals surface area contributed by atoms with Crippen LogP contribution in [0, 0.1) is 6.92 Å². The molecule has 0 saturated heterocycles. The molecule has 1 heterocycles. The fourth-order valence-electron chi connectivity index (χ4n) is 3.88. The van der Waals surface area contributed by atoms with Crippen molar-refractivity contribution >= 4 is 28.5 Å². The molecule has 0 bridgehead atoms. The van der Waals surface area contributed by atoms with Crippen LogP contribution in [0.15, 0.2) is 77.2 Å². The predicted molar refractivity (Wildman–Crippen MR) is 135 cm³/mol. The van der Waals surface area contributed by atoms with Crippen molar-refractivity contribution in [2.75, 3.05) is 11.9 Å². The average Bonchev–Trinajstić information content (AvgIpc) is 3.19. The summed E-state index contributed by atoms with van der Waals surface area (Å²) in [6.45, 7) is 4.64. The number of aliphatic carboxylic acids is 1. The lowest BCUT2D eigenvalue weighted by Gasteiger charge is -2.14. The molecule has 35 heavy (non-hydrogen) atoms. The molecule has 3 N–H and O–H groups in total. The van der Waals surface area contributed by atoms with Crippen LogP contribution in [0.2, 0.25) is 0 Å². The molecule has 7 nitrogen and oxygen atoms in total. The lowest BCUT2D eigenvalue weighted by Crippen LogP contribution is -2.25. The molecule has 0 aliphatic heterocycles. The third-order valence-electron chi connectivity index (χ3n) is 5.74. The number of carbonyl (C=O) groups is 2. The summed E-state index contributed by atoms with van der Waals surface area (Å²) in [6.07, 6.45) is -0.111. The van der Waals surface area contributed by atoms with Crippen LogP contribution in [-0.2, 0) is 11.4 Å². The second-order valence-electron chi connectivity index (χ2n) is 8.37. The molecule has 0 radical (unpaired) electrons. The zero-order valence-electron chi connectivity index (χ0n) is 19.7. The van der Waals surface area contributed by atoms with Crippen LogP contribution in [0.3, 0.4) is 0 Å². The van der Waals surface area contributed by atoms with Crippen LogP contribution >= 0.6 is 0 Å². The maximum atomic E-state index is 12.1. The van der Waals surface area contributed by atoms with Gasteiger partial charge in [0.15, 0.2) is 0 Å². The lowest BCUT2D eigenvalue weighted by molar-refractivity contribution is -0.136. The number of anilines is 1. The second kappa shape index (κ2) is 10.8. The minimum Gasteiger partial charge on any atom is -0.489 e. The van der Waals surface area contributed by atoms with Gasteiger partial charge in [-0.05, 0) is 61.9 Å². The van der Waals surface area contributed by atoms with E-state index >= 15 is 0 Å². The summed E-state index contributed by atoms with van der Waals surface area (Å²) in [4.78, 5) is 22.7. The molecule has 0 fully saturated rings. The van der Waals surface area contributed by atoms with Gasteiger partial charge in [-0.2, -0.15) is 0 Å². The average molecular weight is 473 g/mol. The van der Waals surface area contributed by atoms with Crippen LogP contribution in [0.1, 0.15) is 46.6 Å². The van der Waals surface area contributed by atoms with Crippen molar-refractivity contribution in [1.82, 2.24) is 5.32 Å². The van der Waals surface area contributed by atoms with Crippen molar-refractivity contribution in [1.29, 1.82) is 0 Å². The number of aryl methyl sites for hydroxylation is 1. The van der Waals surface area contributed by atoms with Crippen LogP contribution in [0.25, 0.3) is 11.0 Å². The molecule has 1 unspecified atom stereocenters. The maximum Gasteiger partial charge on any atom is 0.305 e. The molecule has 0 aliphatic carbocycles. The number of furan rings is 1. The predicted octanol–water partition coefficient (Wildman–Crippen LogP) is 5.70. The van der Waals surface area contributed by atoms with E-state index in [0.717, 1.165) is 39.3 Å². The van der Waals surface area contributed by atoms with Crippen molar-refractivity contribution < 1.29 is 23.8 Å². The van der Waals surface area contributed by atoms with E-state index in [1.807, 2.05) is 74.5 Å². The Balaban J connectivity index is 1.41. The summed E-state index contributed by atoms with van der Waals surface area (Å²) in [6, 6.07) is 22.8. The van der Waals surface area contributed by atoms with E-state index < -0.39 is 5.97 Å². The molecular formula is C28H28N2O5. The zero-order valence-corrected chi connectivity index (χ0v) is 19.7. The Bertz CT molecular complexity index is 1310. The van der Waals surface area contributed by atoms with E-state index in [2.05, 4.69) is 10.6 Å². The molecule has 0 saturated carbocycles. The number of benzene rings is 3. The minimum absolute atomic E-state index is 0.0928. The van der Waals surface area contributed by atoms with Gasteiger partial charge in [-0.15, -0.1) is 0 Å². The molecule has 0 aliphatic rings. The Morgan fingerprint density at radius 3 is 2.49 bits per heavy atom. The highest BCUT2D eigenvalue weighted by Gasteiger charge is 2.17. The monoisotopic (exact) mass is 472 g/mol. The van der Waals surface area contributed by atoms with Gasteiger partial charge < -0.3 is 24.9 Å². The molecule has 3 aromatic carbocycles. The third kappa shape index (κ3) is 6.00. The number of carbonyl (C=O) groups excluding carboxylic acids is 1. The van der Waals surface area contributed by atoms with Crippen molar-refractivity contribution in [3.05, 3.63) is 95.2 Å². The molecule has 1 aromatic heterocycles. The molecule has 7 heteroatoms. The van der Waals surface area contributed by atoms with Crippen LogP contribution in [0.5, 0.6) is 5.75 Å². The molecule has 180 valence electrons. The minimum atomic E-state index is -0.948. The number of carboxylic acid groups (broad SMARTS) is 1. The Morgan fingerprint density at radius 1 is 1.03 bits per heavy atom. The zero-order chi connectivity index (χ0) is 24.8. The van der Waals surface area contributed by atoms with Gasteiger partial charge in [0.1, 0.15) is 23.7 Å². The number of rotatable bonds is 10. The van der Waals surface area contributed by atoms with Gasteiger partial charge in [0.05, 0.1) is 12.5 Å². The van der Waals surface area contributed by atoms with Crippen LogP contribution in [-0.4, -0.2) is 23.5 Å². The van der Waals surface area contributed by atoms with E-state index in [-0.39, 0.29) is 24.9 Å². The first kappa shape index (κ1) is 23.9. The van der Waals surface area contributed by atoms with E-state index in [1.54, 1.807) is 12.1 Å². The molecule has 0 spiro atoms. The summed E-state index contributed by atoms with van der Waals surface area (Å²) in [5, 5.41) is 15.7. The van der Waals surface area contributed by atoms with E-state index in [0.29, 0.717) is 12.2 Å². The van der Waals surface area contributed by atoms with Crippen molar-refractivity contribution in [2.45, 2.75) is 32.9 Å². The fraction of sp³-hybridized carbons (Fsp3) is 0.214. The molecule has 1 atom stereocenters. The summed E-state index contributed by atoms with van der Waals surface area (Å²) in [5.74, 6) is 0.366. The summed E-state index contributed by atoms with van der Waals surface area (Å²) < 4.78 is 12.1. The first-order valence-electron chi connectivity index (χ1n) is 11.5. The number of hydrogen-bond donors (Lipinski definition) is 3. The SMILES string of the molecule is Cc1c(C(C)Nc2ccc(C(=O)NCCC(=O)O)cc2)oc2ccc(OCc3ccccc3)cc12. The van der Waals surface area contributed by atoms with Gasteiger partial charge in [-0.1, -0.05) is 30.3 Å². The van der Waals surface area contributed by atoms with Gasteiger partial charge in [-0.3, -0.25) is 9.59 Å². The highest BCUT2D eigenvalue weighted by Crippen LogP contribution is 2.33. The fourth-order valence-corrected chi connectivity index (χ4v) is 3.88. The van der Waals surface area contributed by atoms with E-state index in [1.165, 1.54) is 0 Å². The Hall–Kier alpha value is -4.26. The number of nitrogens with one attached hydrogen (secondary N) is 2. The van der Waals surface area contributed by atoms with Crippen molar-refractivity contribution in [2.24, 2.45) is 0 Å². The maximum absolute atomic E-state index is 12.1. The standard InChI is InChI=1S/C28H28N2O5/c1-18-24-16-23(34-17-20-6-4-3-5-7-20)12-13-25(24)35-27(18)19(2)30-22-10-8-21(9-11-22)28(33)29-15-14-26(31)32/h3-13,16,19,30H,14-15,17H2,1-2H3,(H,29,33)(H,31,32). The number of amides is 1. The van der Waals surface area contributed by atoms with Gasteiger partial charge in [0.2, 0.25) is 0 Å². The normalized spacial score (nSPS) is 11.7.